The number of carbonyl (C=O) groups is 3. The summed E-state index contributed by atoms with van der Waals surface area (Å²) in [6.07, 6.45) is 5.06. The van der Waals surface area contributed by atoms with Crippen LogP contribution >= 0.6 is 0 Å². The standard InChI is InChI=1S/C26H46N2O6/c1-12-14-18-16-19(22(30)33-24(4,5)6)28(23(31)34-25(7,8)9)20(18)21(27-17(3)29)26(10,32-11)15-13-2/h12,14,18-21H,13,15-16H2,1-11H3,(H,27,29)/t18-,19+,20-,21-,26+/m1/s1. The van der Waals surface area contributed by atoms with Gasteiger partial charge < -0.3 is 19.5 Å². The van der Waals surface area contributed by atoms with Crippen LogP contribution in [-0.4, -0.2) is 64.9 Å². The summed E-state index contributed by atoms with van der Waals surface area (Å²) in [7, 11) is 1.60. The summed E-state index contributed by atoms with van der Waals surface area (Å²) in [5.74, 6) is -0.960. The molecule has 0 bridgehead atoms. The van der Waals surface area contributed by atoms with Gasteiger partial charge in [-0.05, 0) is 68.2 Å². The van der Waals surface area contributed by atoms with Crippen LogP contribution in [0.2, 0.25) is 0 Å². The molecule has 0 aromatic heterocycles. The Hall–Kier alpha value is -2.09. The van der Waals surface area contributed by atoms with Crippen molar-refractivity contribution < 1.29 is 28.6 Å². The summed E-state index contributed by atoms with van der Waals surface area (Å²) in [6.45, 7) is 18.0. The maximum absolute atomic E-state index is 13.6. The Kier molecular flexibility index (Phi) is 10.2. The molecule has 0 aliphatic carbocycles. The maximum atomic E-state index is 13.6. The second-order valence-corrected chi connectivity index (χ2v) is 11.3. The van der Waals surface area contributed by atoms with Gasteiger partial charge in [-0.2, -0.15) is 0 Å². The van der Waals surface area contributed by atoms with Gasteiger partial charge in [0.1, 0.15) is 17.2 Å². The zero-order chi connectivity index (χ0) is 26.5. The molecule has 0 saturated carbocycles. The highest BCUT2D eigenvalue weighted by Crippen LogP contribution is 2.40. The Morgan fingerprint density at radius 1 is 1.06 bits per heavy atom. The van der Waals surface area contributed by atoms with Crippen molar-refractivity contribution in [2.75, 3.05) is 7.11 Å². The third-order valence-electron chi connectivity index (χ3n) is 5.88. The van der Waals surface area contributed by atoms with Crippen LogP contribution in [0.4, 0.5) is 4.79 Å². The quantitative estimate of drug-likeness (QED) is 0.401. The molecule has 8 heteroatoms. The molecule has 8 nitrogen and oxygen atoms in total. The molecular formula is C26H46N2O6. The van der Waals surface area contributed by atoms with E-state index in [2.05, 4.69) is 5.32 Å². The molecule has 0 aromatic rings. The average Bonchev–Trinajstić information content (AvgIpc) is 3.03. The molecule has 5 atom stereocenters. The highest BCUT2D eigenvalue weighted by molar-refractivity contribution is 5.83. The Morgan fingerprint density at radius 2 is 1.62 bits per heavy atom. The molecule has 1 fully saturated rings. The average molecular weight is 483 g/mol. The van der Waals surface area contributed by atoms with E-state index < -0.39 is 47.0 Å². The van der Waals surface area contributed by atoms with E-state index in [4.69, 9.17) is 14.2 Å². The number of hydrogen-bond acceptors (Lipinski definition) is 6. The second-order valence-electron chi connectivity index (χ2n) is 11.3. The topological polar surface area (TPSA) is 94.2 Å². The predicted molar refractivity (Wildman–Crippen MR) is 132 cm³/mol. The summed E-state index contributed by atoms with van der Waals surface area (Å²) in [5, 5.41) is 3.04. The lowest BCUT2D eigenvalue weighted by molar-refractivity contribution is -0.161. The molecule has 1 aliphatic heterocycles. The van der Waals surface area contributed by atoms with Gasteiger partial charge in [-0.25, -0.2) is 9.59 Å². The molecule has 1 rings (SSSR count). The number of nitrogens with one attached hydrogen (secondary N) is 1. The maximum Gasteiger partial charge on any atom is 0.411 e. The van der Waals surface area contributed by atoms with Gasteiger partial charge >= 0.3 is 12.1 Å². The van der Waals surface area contributed by atoms with Crippen molar-refractivity contribution in [3.63, 3.8) is 0 Å². The second kappa shape index (κ2) is 11.6. The van der Waals surface area contributed by atoms with Gasteiger partial charge in [-0.15, -0.1) is 0 Å². The molecular weight excluding hydrogens is 436 g/mol. The zero-order valence-corrected chi connectivity index (χ0v) is 23.0. The number of amides is 2. The van der Waals surface area contributed by atoms with Crippen molar-refractivity contribution in [3.8, 4) is 0 Å². The lowest BCUT2D eigenvalue weighted by Crippen LogP contribution is -2.64. The number of carbonyl (C=O) groups excluding carboxylic acids is 3. The third-order valence-corrected chi connectivity index (χ3v) is 5.88. The van der Waals surface area contributed by atoms with Crippen molar-refractivity contribution in [1.29, 1.82) is 0 Å². The number of methoxy groups -OCH3 is 1. The van der Waals surface area contributed by atoms with Gasteiger partial charge in [-0.1, -0.05) is 25.5 Å². The fourth-order valence-corrected chi connectivity index (χ4v) is 4.61. The minimum absolute atomic E-state index is 0.224. The van der Waals surface area contributed by atoms with Crippen LogP contribution in [0.15, 0.2) is 12.2 Å². The molecule has 0 radical (unpaired) electrons. The molecule has 1 N–H and O–H groups in total. The van der Waals surface area contributed by atoms with Crippen LogP contribution in [0.3, 0.4) is 0 Å². The summed E-state index contributed by atoms with van der Waals surface area (Å²) in [4.78, 5) is 40.7. The SMILES string of the molecule is CC=C[C@@H]1C[C@@H](C(=O)OC(C)(C)C)N(C(=O)OC(C)(C)C)[C@H]1[C@@H](NC(C)=O)[C@](C)(CCC)OC. The van der Waals surface area contributed by atoms with Crippen molar-refractivity contribution in [3.05, 3.63) is 12.2 Å². The minimum atomic E-state index is -0.862. The Labute approximate surface area is 205 Å². The number of ether oxygens (including phenoxy) is 3. The van der Waals surface area contributed by atoms with Gasteiger partial charge in [0.15, 0.2) is 0 Å². The van der Waals surface area contributed by atoms with E-state index in [9.17, 15) is 14.4 Å². The summed E-state index contributed by atoms with van der Waals surface area (Å²) < 4.78 is 17.4. The number of rotatable bonds is 8. The Morgan fingerprint density at radius 3 is 2.03 bits per heavy atom. The highest BCUT2D eigenvalue weighted by Gasteiger charge is 2.55. The first-order valence-electron chi connectivity index (χ1n) is 12.2. The van der Waals surface area contributed by atoms with Gasteiger partial charge in [0.25, 0.3) is 0 Å². The fourth-order valence-electron chi connectivity index (χ4n) is 4.61. The van der Waals surface area contributed by atoms with E-state index in [1.54, 1.807) is 48.7 Å². The van der Waals surface area contributed by atoms with Gasteiger partial charge in [-0.3, -0.25) is 9.69 Å². The van der Waals surface area contributed by atoms with E-state index in [1.807, 2.05) is 32.9 Å². The van der Waals surface area contributed by atoms with E-state index >= 15 is 0 Å². The van der Waals surface area contributed by atoms with Crippen LogP contribution in [0.1, 0.15) is 88.5 Å². The monoisotopic (exact) mass is 482 g/mol. The molecule has 1 heterocycles. The number of esters is 1. The zero-order valence-electron chi connectivity index (χ0n) is 23.0. The smallest absolute Gasteiger partial charge is 0.411 e. The van der Waals surface area contributed by atoms with Gasteiger partial charge in [0, 0.05) is 20.0 Å². The highest BCUT2D eigenvalue weighted by atomic mass is 16.6. The number of nitrogens with zero attached hydrogens (tertiary/aromatic N) is 1. The first-order valence-corrected chi connectivity index (χ1v) is 12.2. The number of likely N-dealkylation sites (tertiary alicyclic amines) is 1. The number of hydrogen-bond donors (Lipinski definition) is 1. The van der Waals surface area contributed by atoms with Crippen LogP contribution in [0.25, 0.3) is 0 Å². The van der Waals surface area contributed by atoms with Crippen molar-refractivity contribution in [2.24, 2.45) is 5.92 Å². The largest absolute Gasteiger partial charge is 0.458 e. The third kappa shape index (κ3) is 8.00. The van der Waals surface area contributed by atoms with Crippen LogP contribution in [-0.2, 0) is 23.8 Å². The molecule has 1 aliphatic rings. The van der Waals surface area contributed by atoms with Crippen LogP contribution in [0, 0.1) is 5.92 Å². The fraction of sp³-hybridized carbons (Fsp3) is 0.808. The normalized spacial score (nSPS) is 24.0. The lowest BCUT2D eigenvalue weighted by atomic mass is 9.81. The summed E-state index contributed by atoms with van der Waals surface area (Å²) in [6, 6.07) is -2.03. The van der Waals surface area contributed by atoms with E-state index in [-0.39, 0.29) is 11.8 Å². The first kappa shape index (κ1) is 29.9. The molecule has 0 aromatic carbocycles. The van der Waals surface area contributed by atoms with Crippen molar-refractivity contribution in [2.45, 2.75) is 123 Å². The molecule has 196 valence electrons. The van der Waals surface area contributed by atoms with Crippen LogP contribution < -0.4 is 5.32 Å². The van der Waals surface area contributed by atoms with Crippen molar-refractivity contribution >= 4 is 18.0 Å². The number of allylic oxidation sites excluding steroid dienone is 1. The molecule has 0 unspecified atom stereocenters. The van der Waals surface area contributed by atoms with E-state index in [0.29, 0.717) is 12.8 Å². The molecule has 34 heavy (non-hydrogen) atoms. The van der Waals surface area contributed by atoms with Gasteiger partial charge in [0.2, 0.25) is 5.91 Å². The van der Waals surface area contributed by atoms with E-state index in [1.165, 1.54) is 11.8 Å². The Balaban J connectivity index is 3.72. The molecule has 0 spiro atoms. The first-order chi connectivity index (χ1) is 15.5. The van der Waals surface area contributed by atoms with Gasteiger partial charge in [0.05, 0.1) is 17.7 Å². The Bertz CT molecular complexity index is 751. The predicted octanol–water partition coefficient (Wildman–Crippen LogP) is 4.61. The van der Waals surface area contributed by atoms with Crippen molar-refractivity contribution in [1.82, 2.24) is 10.2 Å². The summed E-state index contributed by atoms with van der Waals surface area (Å²) >= 11 is 0. The minimum Gasteiger partial charge on any atom is -0.458 e. The van der Waals surface area contributed by atoms with Crippen LogP contribution in [0.5, 0.6) is 0 Å². The van der Waals surface area contributed by atoms with E-state index in [0.717, 1.165) is 6.42 Å². The molecule has 2 amide bonds. The summed E-state index contributed by atoms with van der Waals surface area (Å²) in [5.41, 5.74) is -2.27. The molecule has 1 saturated heterocycles. The lowest BCUT2D eigenvalue weighted by Gasteiger charge is -2.45.